The molecular weight excluding hydrogens is 307 g/mol. The summed E-state index contributed by atoms with van der Waals surface area (Å²) in [5.41, 5.74) is 1.07. The zero-order valence-corrected chi connectivity index (χ0v) is 12.3. The third-order valence-electron chi connectivity index (χ3n) is 2.80. The van der Waals surface area contributed by atoms with Gasteiger partial charge in [0, 0.05) is 17.9 Å². The number of nitrogens with zero attached hydrogens (tertiary/aromatic N) is 1. The van der Waals surface area contributed by atoms with E-state index in [1.807, 2.05) is 0 Å². The second kappa shape index (κ2) is 7.56. The first-order valence-corrected chi connectivity index (χ1v) is 7.57. The molecule has 0 heterocycles. The summed E-state index contributed by atoms with van der Waals surface area (Å²) in [6, 6.07) is 12.1. The van der Waals surface area contributed by atoms with Gasteiger partial charge in [-0.1, -0.05) is 24.3 Å². The molecule has 5 nitrogen and oxygen atoms in total. The van der Waals surface area contributed by atoms with Crippen LogP contribution < -0.4 is 5.32 Å². The molecule has 0 unspecified atom stereocenters. The van der Waals surface area contributed by atoms with Crippen molar-refractivity contribution in [2.45, 2.75) is 5.75 Å². The number of hydrogen-bond donors (Lipinski definition) is 1. The van der Waals surface area contributed by atoms with E-state index in [2.05, 4.69) is 5.32 Å². The molecule has 7 heteroatoms. The molecule has 2 rings (SSSR count). The minimum Gasteiger partial charge on any atom is -0.323 e. The highest BCUT2D eigenvalue weighted by atomic mass is 32.2. The van der Waals surface area contributed by atoms with E-state index < -0.39 is 10.7 Å². The zero-order chi connectivity index (χ0) is 15.9. The third-order valence-corrected chi connectivity index (χ3v) is 3.80. The number of non-ortho nitro benzene ring substituents is 1. The van der Waals surface area contributed by atoms with Crippen LogP contribution in [0.25, 0.3) is 0 Å². The Hall–Kier alpha value is -2.41. The average molecular weight is 320 g/mol. The Morgan fingerprint density at radius 2 is 1.86 bits per heavy atom. The van der Waals surface area contributed by atoms with Gasteiger partial charge in [-0.15, -0.1) is 11.8 Å². The van der Waals surface area contributed by atoms with Gasteiger partial charge >= 0.3 is 0 Å². The smallest absolute Gasteiger partial charge is 0.269 e. The molecule has 1 amide bonds. The number of halogens is 1. The van der Waals surface area contributed by atoms with Crippen molar-refractivity contribution in [1.82, 2.24) is 0 Å². The van der Waals surface area contributed by atoms with Crippen molar-refractivity contribution in [2.75, 3.05) is 11.1 Å². The third kappa shape index (κ3) is 4.56. The molecule has 0 atom stereocenters. The maximum atomic E-state index is 13.4. The quantitative estimate of drug-likeness (QED) is 0.652. The number of nitrogens with one attached hydrogen (secondary N) is 1. The molecule has 0 bridgehead atoms. The molecule has 0 spiro atoms. The van der Waals surface area contributed by atoms with E-state index in [0.717, 1.165) is 5.56 Å². The molecule has 0 aliphatic carbocycles. The van der Waals surface area contributed by atoms with Crippen LogP contribution >= 0.6 is 11.8 Å². The lowest BCUT2D eigenvalue weighted by molar-refractivity contribution is -0.384. The van der Waals surface area contributed by atoms with Crippen molar-refractivity contribution in [3.63, 3.8) is 0 Å². The van der Waals surface area contributed by atoms with E-state index in [0.29, 0.717) is 5.75 Å². The van der Waals surface area contributed by atoms with Crippen molar-refractivity contribution in [3.8, 4) is 0 Å². The number of benzene rings is 2. The van der Waals surface area contributed by atoms with Crippen LogP contribution in [-0.2, 0) is 10.5 Å². The number of thioether (sulfide) groups is 1. The van der Waals surface area contributed by atoms with Crippen LogP contribution in [0, 0.1) is 15.9 Å². The summed E-state index contributed by atoms with van der Waals surface area (Å²) >= 11 is 1.35. The highest BCUT2D eigenvalue weighted by Gasteiger charge is 2.07. The summed E-state index contributed by atoms with van der Waals surface area (Å²) in [7, 11) is 0. The van der Waals surface area contributed by atoms with Gasteiger partial charge in [-0.3, -0.25) is 14.9 Å². The largest absolute Gasteiger partial charge is 0.323 e. The van der Waals surface area contributed by atoms with Crippen molar-refractivity contribution in [3.05, 3.63) is 70.0 Å². The van der Waals surface area contributed by atoms with Crippen LogP contribution in [0.5, 0.6) is 0 Å². The summed E-state index contributed by atoms with van der Waals surface area (Å²) in [5.74, 6) is -0.0539. The van der Waals surface area contributed by atoms with Gasteiger partial charge in [0.1, 0.15) is 5.82 Å². The molecule has 2 aromatic carbocycles. The van der Waals surface area contributed by atoms with E-state index in [4.69, 9.17) is 0 Å². The Morgan fingerprint density at radius 3 is 2.50 bits per heavy atom. The standard InChI is InChI=1S/C15H13FN2O3S/c16-13-3-1-2-4-14(13)17-15(19)10-22-9-11-5-7-12(8-6-11)18(20)21/h1-8H,9-10H2,(H,17,19). The van der Waals surface area contributed by atoms with E-state index in [-0.39, 0.29) is 23.0 Å². The number of para-hydroxylation sites is 1. The predicted molar refractivity (Wildman–Crippen MR) is 84.3 cm³/mol. The second-order valence-corrected chi connectivity index (χ2v) is 5.43. The molecule has 0 fully saturated rings. The number of carbonyl (C=O) groups is 1. The summed E-state index contributed by atoms with van der Waals surface area (Å²) < 4.78 is 13.4. The Labute approximate surface area is 130 Å². The highest BCUT2D eigenvalue weighted by molar-refractivity contribution is 7.99. The fraction of sp³-hybridized carbons (Fsp3) is 0.133. The molecule has 0 aliphatic rings. The number of amides is 1. The van der Waals surface area contributed by atoms with Gasteiger partial charge in [0.15, 0.2) is 0 Å². The van der Waals surface area contributed by atoms with Crippen molar-refractivity contribution >= 4 is 29.0 Å². The number of carbonyl (C=O) groups excluding carboxylic acids is 1. The number of nitro benzene ring substituents is 1. The van der Waals surface area contributed by atoms with Crippen LogP contribution in [0.2, 0.25) is 0 Å². The van der Waals surface area contributed by atoms with Gasteiger partial charge in [0.25, 0.3) is 5.69 Å². The highest BCUT2D eigenvalue weighted by Crippen LogP contribution is 2.17. The Morgan fingerprint density at radius 1 is 1.18 bits per heavy atom. The Bertz CT molecular complexity index is 677. The first-order chi connectivity index (χ1) is 10.6. The fourth-order valence-electron chi connectivity index (χ4n) is 1.72. The van der Waals surface area contributed by atoms with Crippen LogP contribution in [0.4, 0.5) is 15.8 Å². The molecule has 0 aliphatic heterocycles. The van der Waals surface area contributed by atoms with Crippen LogP contribution in [0.3, 0.4) is 0 Å². The fourth-order valence-corrected chi connectivity index (χ4v) is 2.51. The molecule has 0 aromatic heterocycles. The SMILES string of the molecule is O=C(CSCc1ccc([N+](=O)[O-])cc1)Nc1ccccc1F. The Balaban J connectivity index is 1.79. The van der Waals surface area contributed by atoms with Gasteiger partial charge in [0.2, 0.25) is 5.91 Å². The molecule has 22 heavy (non-hydrogen) atoms. The normalized spacial score (nSPS) is 10.2. The maximum absolute atomic E-state index is 13.4. The van der Waals surface area contributed by atoms with E-state index >= 15 is 0 Å². The average Bonchev–Trinajstić information content (AvgIpc) is 2.50. The lowest BCUT2D eigenvalue weighted by atomic mass is 10.2. The monoisotopic (exact) mass is 320 g/mol. The van der Waals surface area contributed by atoms with E-state index in [9.17, 15) is 19.3 Å². The van der Waals surface area contributed by atoms with Crippen LogP contribution in [0.1, 0.15) is 5.56 Å². The van der Waals surface area contributed by atoms with Gasteiger partial charge in [-0.2, -0.15) is 0 Å². The lowest BCUT2D eigenvalue weighted by Crippen LogP contribution is -2.15. The summed E-state index contributed by atoms with van der Waals surface area (Å²) in [6.07, 6.45) is 0. The lowest BCUT2D eigenvalue weighted by Gasteiger charge is -2.06. The van der Waals surface area contributed by atoms with E-state index in [1.165, 1.54) is 36.0 Å². The Kier molecular flexibility index (Phi) is 5.48. The summed E-state index contributed by atoms with van der Waals surface area (Å²) in [4.78, 5) is 21.8. The van der Waals surface area contributed by atoms with Crippen molar-refractivity contribution in [1.29, 1.82) is 0 Å². The molecule has 0 saturated heterocycles. The van der Waals surface area contributed by atoms with Gasteiger partial charge in [-0.25, -0.2) is 4.39 Å². The minimum absolute atomic E-state index is 0.0334. The number of hydrogen-bond acceptors (Lipinski definition) is 4. The van der Waals surface area contributed by atoms with Gasteiger partial charge < -0.3 is 5.32 Å². The maximum Gasteiger partial charge on any atom is 0.269 e. The molecule has 0 saturated carbocycles. The number of nitro groups is 1. The molecule has 114 valence electrons. The molecule has 0 radical (unpaired) electrons. The molecule has 1 N–H and O–H groups in total. The van der Waals surface area contributed by atoms with Gasteiger partial charge in [-0.05, 0) is 17.7 Å². The summed E-state index contributed by atoms with van der Waals surface area (Å²) in [6.45, 7) is 0. The second-order valence-electron chi connectivity index (χ2n) is 4.44. The minimum atomic E-state index is -0.476. The number of anilines is 1. The predicted octanol–water partition coefficient (Wildman–Crippen LogP) is 3.61. The van der Waals surface area contributed by atoms with Crippen molar-refractivity contribution in [2.24, 2.45) is 0 Å². The van der Waals surface area contributed by atoms with Gasteiger partial charge in [0.05, 0.1) is 16.4 Å². The first-order valence-electron chi connectivity index (χ1n) is 6.42. The summed E-state index contributed by atoms with van der Waals surface area (Å²) in [5, 5.41) is 13.0. The molecule has 2 aromatic rings. The van der Waals surface area contributed by atoms with Crippen molar-refractivity contribution < 1.29 is 14.1 Å². The zero-order valence-electron chi connectivity index (χ0n) is 11.5. The van der Waals surface area contributed by atoms with E-state index in [1.54, 1.807) is 24.3 Å². The topological polar surface area (TPSA) is 72.2 Å². The van der Waals surface area contributed by atoms with Crippen LogP contribution in [0.15, 0.2) is 48.5 Å². The number of rotatable bonds is 6. The van der Waals surface area contributed by atoms with Crippen LogP contribution in [-0.4, -0.2) is 16.6 Å². The molecular formula is C15H13FN2O3S. The first kappa shape index (κ1) is 16.0.